The van der Waals surface area contributed by atoms with E-state index in [1.54, 1.807) is 28.2 Å². The van der Waals surface area contributed by atoms with Crippen molar-refractivity contribution in [1.82, 2.24) is 104 Å². The third-order valence-electron chi connectivity index (χ3n) is 35.8. The smallest absolute Gasteiger partial charge is 0.228 e. The van der Waals surface area contributed by atoms with Gasteiger partial charge in [-0.2, -0.15) is 15.3 Å². The first kappa shape index (κ1) is 104. The largest absolute Gasteiger partial charge is 0.372 e. The van der Waals surface area contributed by atoms with Crippen molar-refractivity contribution in [3.8, 4) is 0 Å². The first-order valence-corrected chi connectivity index (χ1v) is 53.9. The molecule has 16 rings (SSSR count). The number of likely N-dealkylation sites (tertiary alicyclic amines) is 1. The van der Waals surface area contributed by atoms with Gasteiger partial charge in [-0.1, -0.05) is 107 Å². The van der Waals surface area contributed by atoms with Crippen molar-refractivity contribution < 1.29 is 9.53 Å². The zero-order valence-electron chi connectivity index (χ0n) is 86.7. The van der Waals surface area contributed by atoms with E-state index in [4.69, 9.17) is 30.0 Å². The molecule has 5 aromatic rings. The highest BCUT2D eigenvalue weighted by Gasteiger charge is 2.49. The summed E-state index contributed by atoms with van der Waals surface area (Å²) in [6.45, 7) is 42.4. The number of aromatic nitrogens is 10. The molecule has 736 valence electrons. The summed E-state index contributed by atoms with van der Waals surface area (Å²) in [5.41, 5.74) is 21.7. The van der Waals surface area contributed by atoms with Gasteiger partial charge in [-0.25, -0.2) is 9.97 Å². The minimum absolute atomic E-state index is 0.0503. The van der Waals surface area contributed by atoms with Crippen LogP contribution in [0.15, 0.2) is 0 Å². The lowest BCUT2D eigenvalue weighted by atomic mass is 9.66. The van der Waals surface area contributed by atoms with Gasteiger partial charge in [0.1, 0.15) is 18.3 Å². The van der Waals surface area contributed by atoms with Gasteiger partial charge in [0.15, 0.2) is 0 Å². The molecular formula is C107H191N21O2. The van der Waals surface area contributed by atoms with Gasteiger partial charge < -0.3 is 45.4 Å². The van der Waals surface area contributed by atoms with Crippen molar-refractivity contribution in [1.29, 1.82) is 0 Å². The van der Waals surface area contributed by atoms with Crippen molar-refractivity contribution in [2.45, 2.75) is 407 Å². The van der Waals surface area contributed by atoms with Gasteiger partial charge >= 0.3 is 0 Å². The van der Waals surface area contributed by atoms with E-state index in [-0.39, 0.29) is 5.41 Å². The Bertz CT molecular complexity index is 3910. The number of likely N-dealkylation sites (N-methyl/N-ethyl adjacent to an activating group) is 10. The van der Waals surface area contributed by atoms with Crippen LogP contribution >= 0.6 is 0 Å². The molecule has 5 aromatic heterocycles. The van der Waals surface area contributed by atoms with E-state index in [9.17, 15) is 4.79 Å². The van der Waals surface area contributed by atoms with Crippen LogP contribution < -0.4 is 26.6 Å². The Labute approximate surface area is 791 Å². The number of carbonyl (C=O) groups is 1. The summed E-state index contributed by atoms with van der Waals surface area (Å²) in [4.78, 5) is 36.8. The molecule has 0 aromatic carbocycles. The van der Waals surface area contributed by atoms with Crippen LogP contribution in [0.3, 0.4) is 0 Å². The molecule has 130 heavy (non-hydrogen) atoms. The first-order chi connectivity index (χ1) is 63.0. The lowest BCUT2D eigenvalue weighted by Crippen LogP contribution is -2.35. The number of fused-ring (bicyclic) bond motifs is 5. The number of amides is 1. The van der Waals surface area contributed by atoms with E-state index in [1.807, 2.05) is 47.2 Å². The molecular weight excluding hydrogens is 1610 g/mol. The van der Waals surface area contributed by atoms with E-state index in [0.717, 1.165) is 193 Å². The normalized spacial score (nSPS) is 20.9. The number of rotatable bonds is 38. The Kier molecular flexibility index (Phi) is 39.9. The van der Waals surface area contributed by atoms with Crippen molar-refractivity contribution in [3.05, 3.63) is 85.3 Å². The second-order valence-corrected chi connectivity index (χ2v) is 43.5. The number of imidazole rings is 2. The van der Waals surface area contributed by atoms with Crippen molar-refractivity contribution in [2.75, 3.05) is 156 Å². The second-order valence-electron chi connectivity index (χ2n) is 43.5. The van der Waals surface area contributed by atoms with Crippen LogP contribution in [0.25, 0.3) is 0 Å². The molecule has 11 aliphatic rings. The van der Waals surface area contributed by atoms with E-state index < -0.39 is 0 Å². The molecule has 23 nitrogen and oxygen atoms in total. The molecule has 6 aliphatic heterocycles. The molecule has 23 heteroatoms. The fourth-order valence-corrected chi connectivity index (χ4v) is 26.1. The van der Waals surface area contributed by atoms with Gasteiger partial charge in [0.05, 0.1) is 40.5 Å². The van der Waals surface area contributed by atoms with Gasteiger partial charge in [-0.3, -0.25) is 43.3 Å². The van der Waals surface area contributed by atoms with Crippen molar-refractivity contribution in [3.63, 3.8) is 0 Å². The lowest BCUT2D eigenvalue weighted by molar-refractivity contribution is -0.136. The van der Waals surface area contributed by atoms with E-state index >= 15 is 0 Å². The molecule has 1 spiro atoms. The Morgan fingerprint density at radius 3 is 0.985 bits per heavy atom. The van der Waals surface area contributed by atoms with Crippen LogP contribution in [0.2, 0.25) is 0 Å². The topological polar surface area (TPSA) is 195 Å². The Morgan fingerprint density at radius 1 is 0.346 bits per heavy atom. The van der Waals surface area contributed by atoms with Crippen LogP contribution in [-0.4, -0.2) is 240 Å². The summed E-state index contributed by atoms with van der Waals surface area (Å²) in [7, 11) is 23.2. The third-order valence-corrected chi connectivity index (χ3v) is 35.8. The van der Waals surface area contributed by atoms with E-state index in [1.165, 1.54) is 276 Å². The number of hydrogen-bond acceptors (Lipinski definition) is 17. The highest BCUT2D eigenvalue weighted by atomic mass is 16.5. The maximum Gasteiger partial charge on any atom is 0.228 e. The molecule has 5 N–H and O–H groups in total. The Hall–Kier alpha value is -4.92. The predicted molar refractivity (Wildman–Crippen MR) is 537 cm³/mol. The average Bonchev–Trinajstić information content (AvgIpc) is 1.56. The highest BCUT2D eigenvalue weighted by molar-refractivity contribution is 5.84. The van der Waals surface area contributed by atoms with Crippen LogP contribution in [0.4, 0.5) is 0 Å². The fourth-order valence-electron chi connectivity index (χ4n) is 26.1. The highest BCUT2D eigenvalue weighted by Crippen LogP contribution is 2.55. The summed E-state index contributed by atoms with van der Waals surface area (Å²) in [6, 6.07) is 0. The van der Waals surface area contributed by atoms with Gasteiger partial charge in [-0.05, 0) is 303 Å². The van der Waals surface area contributed by atoms with Gasteiger partial charge in [-0.15, -0.1) is 0 Å². The summed E-state index contributed by atoms with van der Waals surface area (Å²) in [5.74, 6) is 6.40. The minimum Gasteiger partial charge on any atom is -0.372 e. The maximum atomic E-state index is 12.7. The number of carbonyl (C=O) groups excluding carboxylic acids is 1. The molecule has 0 radical (unpaired) electrons. The van der Waals surface area contributed by atoms with Gasteiger partial charge in [0.25, 0.3) is 0 Å². The number of nitrogens with zero attached hydrogens (tertiary/aromatic N) is 16. The zero-order valence-corrected chi connectivity index (χ0v) is 86.7. The minimum atomic E-state index is -0.0503. The summed E-state index contributed by atoms with van der Waals surface area (Å²) >= 11 is 0. The lowest BCUT2D eigenvalue weighted by Gasteiger charge is -2.40. The molecule has 1 amide bonds. The van der Waals surface area contributed by atoms with E-state index in [0.29, 0.717) is 46.0 Å². The Balaban J connectivity index is 0.000000147. The molecule has 0 unspecified atom stereocenters. The zero-order chi connectivity index (χ0) is 92.6. The third kappa shape index (κ3) is 25.5. The van der Waals surface area contributed by atoms with Crippen LogP contribution in [0, 0.1) is 27.1 Å². The molecule has 0 bridgehead atoms. The summed E-state index contributed by atoms with van der Waals surface area (Å²) in [6.07, 6.45) is 50.8. The first-order valence-electron chi connectivity index (χ1n) is 53.9. The standard InChI is InChI=1S/2C22H40N4.C21H35N5O.C21H38N4O.C21H38N4/c1-5-22(6-2)12-10-18(11-13-22)21-19(17-25(4)16-14-23-3)24-20-9-7-8-15-26(20)21;1-5-22(6-2)12-10-18(11-13-22)21-19(17-25(4)16-14-23-3)24-26-15-8-7-9-20(21)26;1-22-11-14-24(2)15-17-19(18-5-4-12-26(18)23-17)16-6-8-21(9-7-16)10-13-25(3)20(21)27;1-5-21(6-2)9-7-17(8-10-21)20-18(15-24(4)12-11-22-3)23-19-16-26-14-13-25(19)20;1-5-21(6-2)11-9-17(10-12-21)20-18(16-24(4)15-13-22-3)23-25-14-7-8-19(20)25/h2*18,23H,5-17H2,1-4H3;16,22H,4-15H2,1-3H3;17,22H,5-16H2,1-4H3;17,22H,5-16H2,1-4H3. The van der Waals surface area contributed by atoms with Gasteiger partial charge in [0, 0.05) is 208 Å². The predicted octanol–water partition coefficient (Wildman–Crippen LogP) is 18.1. The quantitative estimate of drug-likeness (QED) is 0.0250. The maximum absolute atomic E-state index is 12.7. The molecule has 6 fully saturated rings. The monoisotopic (exact) mass is 1800 g/mol. The summed E-state index contributed by atoms with van der Waals surface area (Å²) in [5, 5.41) is 31.4. The molecule has 11 heterocycles. The molecule has 0 atom stereocenters. The number of nitrogens with one attached hydrogen (secondary N) is 5. The van der Waals surface area contributed by atoms with Crippen LogP contribution in [0.5, 0.6) is 0 Å². The summed E-state index contributed by atoms with van der Waals surface area (Å²) < 4.78 is 17.8. The van der Waals surface area contributed by atoms with Crippen LogP contribution in [0.1, 0.15) is 395 Å². The SMILES string of the molecule is CCC1(CC)CCC(c2c(CN(C)CCNC)nc3n2CCCC3)CC1.CCC1(CC)CCC(c2c(CN(C)CCNC)nc3n2CCOC3)CC1.CCC1(CC)CCC(c2c(CN(C)CCNC)nn3c2CCC3)CC1.CCC1(CC)CCC(c2c(CN(C)CCNC)nn3c2CCCC3)CC1.CNCCN(C)Cc1nn2c(c1C1CCC3(CC1)CCN(C)C3=O)CCC2. The van der Waals surface area contributed by atoms with E-state index in [2.05, 4.69) is 165 Å². The molecule has 5 saturated carbocycles. The fraction of sp³-hybridized carbons (Fsp3) is 0.850. The average molecular weight is 1800 g/mol. The van der Waals surface area contributed by atoms with Crippen LogP contribution in [-0.2, 0) is 107 Å². The second kappa shape index (κ2) is 49.9. The number of hydrogen-bond donors (Lipinski definition) is 5. The van der Waals surface area contributed by atoms with Gasteiger partial charge in [0.2, 0.25) is 5.91 Å². The van der Waals surface area contributed by atoms with Crippen molar-refractivity contribution in [2.24, 2.45) is 27.1 Å². The van der Waals surface area contributed by atoms with Crippen molar-refractivity contribution >= 4 is 5.91 Å². The number of ether oxygens (including phenoxy) is 1. The number of aryl methyl sites for hydroxylation is 4. The Morgan fingerprint density at radius 2 is 0.646 bits per heavy atom. The molecule has 5 aliphatic carbocycles. The molecule has 1 saturated heterocycles.